The van der Waals surface area contributed by atoms with Gasteiger partial charge in [-0.25, -0.2) is 4.98 Å². The van der Waals surface area contributed by atoms with Crippen molar-refractivity contribution < 1.29 is 19.0 Å². The van der Waals surface area contributed by atoms with E-state index in [4.69, 9.17) is 30.8 Å². The van der Waals surface area contributed by atoms with Gasteiger partial charge in [0.25, 0.3) is 5.91 Å². The first-order valence-corrected chi connectivity index (χ1v) is 11.4. The van der Waals surface area contributed by atoms with E-state index in [2.05, 4.69) is 15.6 Å². The van der Waals surface area contributed by atoms with E-state index >= 15 is 0 Å². The molecule has 2 aromatic heterocycles. The van der Waals surface area contributed by atoms with Gasteiger partial charge in [-0.1, -0.05) is 11.6 Å². The van der Waals surface area contributed by atoms with E-state index in [1.807, 2.05) is 48.9 Å². The Morgan fingerprint density at radius 1 is 1.11 bits per heavy atom. The molecule has 2 N–H and O–H groups in total. The van der Waals surface area contributed by atoms with Crippen LogP contribution in [0.15, 0.2) is 54.7 Å². The third-order valence-corrected chi connectivity index (χ3v) is 5.45. The summed E-state index contributed by atoms with van der Waals surface area (Å²) in [5.41, 5.74) is 2.67. The number of carbonyl (C=O) groups is 1. The average molecular weight is 496 g/mol. The van der Waals surface area contributed by atoms with Crippen LogP contribution in [0.5, 0.6) is 17.2 Å². The standard InChI is InChI=1S/C25H26ClN5O4/c1-4-34-12-11-28-24(32)20-13-18(9-10-27-20)35-23-14-19-21(15-22(23)33-3)31(2)25(30-19)29-17-7-5-16(26)6-8-17/h5-10,13-15H,4,11-12H2,1-3H3,(H,28,32)(H,29,30). The molecule has 9 nitrogen and oxygen atoms in total. The highest BCUT2D eigenvalue weighted by atomic mass is 35.5. The molecule has 2 heterocycles. The number of aromatic nitrogens is 3. The fourth-order valence-electron chi connectivity index (χ4n) is 3.41. The number of carbonyl (C=O) groups excluding carboxylic acids is 1. The maximum atomic E-state index is 12.4. The predicted octanol–water partition coefficient (Wildman–Crippen LogP) is 4.93. The van der Waals surface area contributed by atoms with Crippen LogP contribution in [-0.4, -0.2) is 47.3 Å². The van der Waals surface area contributed by atoms with Crippen molar-refractivity contribution in [3.63, 3.8) is 0 Å². The highest BCUT2D eigenvalue weighted by molar-refractivity contribution is 6.30. The van der Waals surface area contributed by atoms with Crippen LogP contribution < -0.4 is 20.1 Å². The zero-order valence-electron chi connectivity index (χ0n) is 19.7. The number of nitrogens with zero attached hydrogens (tertiary/aromatic N) is 3. The molecule has 182 valence electrons. The van der Waals surface area contributed by atoms with Gasteiger partial charge in [0.1, 0.15) is 11.4 Å². The minimum atomic E-state index is -0.305. The summed E-state index contributed by atoms with van der Waals surface area (Å²) in [5.74, 6) is 1.78. The van der Waals surface area contributed by atoms with Crippen LogP contribution in [-0.2, 0) is 11.8 Å². The van der Waals surface area contributed by atoms with E-state index < -0.39 is 0 Å². The summed E-state index contributed by atoms with van der Waals surface area (Å²) >= 11 is 5.98. The van der Waals surface area contributed by atoms with Gasteiger partial charge >= 0.3 is 0 Å². The minimum absolute atomic E-state index is 0.242. The number of hydrogen-bond acceptors (Lipinski definition) is 7. The van der Waals surface area contributed by atoms with E-state index in [-0.39, 0.29) is 11.6 Å². The first kappa shape index (κ1) is 24.3. The van der Waals surface area contributed by atoms with Crippen molar-refractivity contribution >= 4 is 40.2 Å². The fourth-order valence-corrected chi connectivity index (χ4v) is 3.54. The van der Waals surface area contributed by atoms with Crippen molar-refractivity contribution in [3.8, 4) is 17.2 Å². The molecule has 35 heavy (non-hydrogen) atoms. The predicted molar refractivity (Wildman–Crippen MR) is 135 cm³/mol. The van der Waals surface area contributed by atoms with Crippen molar-refractivity contribution in [1.29, 1.82) is 0 Å². The maximum Gasteiger partial charge on any atom is 0.270 e. The Labute approximate surface area is 208 Å². The number of nitrogens with one attached hydrogen (secondary N) is 2. The molecule has 2 aromatic carbocycles. The molecule has 0 aliphatic rings. The maximum absolute atomic E-state index is 12.4. The zero-order chi connectivity index (χ0) is 24.8. The molecule has 0 bridgehead atoms. The van der Waals surface area contributed by atoms with Gasteiger partial charge < -0.3 is 29.4 Å². The summed E-state index contributed by atoms with van der Waals surface area (Å²) in [7, 11) is 3.48. The number of hydrogen-bond donors (Lipinski definition) is 2. The molecular weight excluding hydrogens is 470 g/mol. The van der Waals surface area contributed by atoms with Crippen molar-refractivity contribution in [3.05, 3.63) is 65.4 Å². The molecule has 0 saturated carbocycles. The van der Waals surface area contributed by atoms with Crippen LogP contribution in [0.1, 0.15) is 17.4 Å². The molecule has 0 radical (unpaired) electrons. The van der Waals surface area contributed by atoms with Gasteiger partial charge in [-0.3, -0.25) is 9.78 Å². The van der Waals surface area contributed by atoms with E-state index in [1.165, 1.54) is 6.20 Å². The molecule has 0 aliphatic heterocycles. The van der Waals surface area contributed by atoms with E-state index in [0.717, 1.165) is 11.2 Å². The molecule has 0 atom stereocenters. The van der Waals surface area contributed by atoms with Crippen molar-refractivity contribution in [2.45, 2.75) is 6.92 Å². The Hall–Kier alpha value is -3.82. The monoisotopic (exact) mass is 495 g/mol. The highest BCUT2D eigenvalue weighted by Crippen LogP contribution is 2.36. The minimum Gasteiger partial charge on any atom is -0.493 e. The lowest BCUT2D eigenvalue weighted by molar-refractivity contribution is 0.0917. The number of methoxy groups -OCH3 is 1. The molecule has 0 aliphatic carbocycles. The lowest BCUT2D eigenvalue weighted by atomic mass is 10.2. The molecule has 4 rings (SSSR count). The third-order valence-electron chi connectivity index (χ3n) is 5.19. The van der Waals surface area contributed by atoms with Gasteiger partial charge in [0.05, 0.1) is 24.8 Å². The summed E-state index contributed by atoms with van der Waals surface area (Å²) in [4.78, 5) is 21.2. The summed E-state index contributed by atoms with van der Waals surface area (Å²) < 4.78 is 18.8. The summed E-state index contributed by atoms with van der Waals surface area (Å²) in [6.07, 6.45) is 1.52. The second-order valence-corrected chi connectivity index (χ2v) is 7.99. The van der Waals surface area contributed by atoms with Crippen molar-refractivity contribution in [2.75, 3.05) is 32.2 Å². The topological polar surface area (TPSA) is 99.5 Å². The van der Waals surface area contributed by atoms with Crippen LogP contribution in [0.25, 0.3) is 11.0 Å². The molecule has 0 unspecified atom stereocenters. The Kier molecular flexibility index (Phi) is 7.69. The number of fused-ring (bicyclic) bond motifs is 1. The second kappa shape index (κ2) is 11.1. The van der Waals surface area contributed by atoms with Gasteiger partial charge in [-0.15, -0.1) is 0 Å². The Bertz CT molecular complexity index is 1320. The third kappa shape index (κ3) is 5.82. The Balaban J connectivity index is 1.56. The lowest BCUT2D eigenvalue weighted by Gasteiger charge is -2.12. The SMILES string of the molecule is CCOCCNC(=O)c1cc(Oc2cc3nc(Nc4ccc(Cl)cc4)n(C)c3cc2OC)ccn1. The van der Waals surface area contributed by atoms with Gasteiger partial charge in [0.2, 0.25) is 5.95 Å². The first-order valence-electron chi connectivity index (χ1n) is 11.1. The van der Waals surface area contributed by atoms with Crippen molar-refractivity contribution in [1.82, 2.24) is 19.9 Å². The number of aryl methyl sites for hydroxylation is 1. The first-order chi connectivity index (χ1) is 17.0. The van der Waals surface area contributed by atoms with E-state index in [9.17, 15) is 4.79 Å². The van der Waals surface area contributed by atoms with Gasteiger partial charge in [-0.2, -0.15) is 0 Å². The molecule has 0 fully saturated rings. The Morgan fingerprint density at radius 2 is 1.91 bits per heavy atom. The fraction of sp³-hybridized carbons (Fsp3) is 0.240. The summed E-state index contributed by atoms with van der Waals surface area (Å²) in [6.45, 7) is 3.33. The molecule has 0 saturated heterocycles. The Morgan fingerprint density at radius 3 is 2.66 bits per heavy atom. The molecule has 0 spiro atoms. The summed E-state index contributed by atoms with van der Waals surface area (Å²) in [5, 5.41) is 6.72. The number of imidazole rings is 1. The molecule has 4 aromatic rings. The smallest absolute Gasteiger partial charge is 0.270 e. The normalized spacial score (nSPS) is 10.9. The highest BCUT2D eigenvalue weighted by Gasteiger charge is 2.16. The van der Waals surface area contributed by atoms with Crippen molar-refractivity contribution in [2.24, 2.45) is 7.05 Å². The summed E-state index contributed by atoms with van der Waals surface area (Å²) in [6, 6.07) is 14.3. The number of rotatable bonds is 10. The largest absolute Gasteiger partial charge is 0.493 e. The van der Waals surface area contributed by atoms with Crippen LogP contribution in [0.4, 0.5) is 11.6 Å². The molecule has 10 heteroatoms. The quantitative estimate of drug-likeness (QED) is 0.301. The van der Waals surface area contributed by atoms with Crippen LogP contribution in [0.3, 0.4) is 0 Å². The van der Waals surface area contributed by atoms with Crippen LogP contribution in [0, 0.1) is 0 Å². The second-order valence-electron chi connectivity index (χ2n) is 7.55. The van der Waals surface area contributed by atoms with Gasteiger partial charge in [0.15, 0.2) is 11.5 Å². The number of anilines is 2. The van der Waals surface area contributed by atoms with Crippen LogP contribution in [0.2, 0.25) is 5.02 Å². The molecular formula is C25H26ClN5O4. The van der Waals surface area contributed by atoms with Gasteiger partial charge in [-0.05, 0) is 37.3 Å². The van der Waals surface area contributed by atoms with Gasteiger partial charge in [0, 0.05) is 55.3 Å². The van der Waals surface area contributed by atoms with Crippen LogP contribution >= 0.6 is 11.6 Å². The average Bonchev–Trinajstić information content (AvgIpc) is 3.16. The molecule has 1 amide bonds. The lowest BCUT2D eigenvalue weighted by Crippen LogP contribution is -2.27. The van der Waals surface area contributed by atoms with E-state index in [0.29, 0.717) is 53.5 Å². The number of benzene rings is 2. The zero-order valence-corrected chi connectivity index (χ0v) is 20.4. The number of ether oxygens (including phenoxy) is 3. The number of pyridine rings is 1. The number of amides is 1. The number of halogens is 1. The van der Waals surface area contributed by atoms with E-state index in [1.54, 1.807) is 25.3 Å².